The zero-order chi connectivity index (χ0) is 15.2. The Balaban J connectivity index is 2.22. The lowest BCUT2D eigenvalue weighted by atomic mass is 10.1. The first kappa shape index (κ1) is 14.8. The number of methoxy groups -OCH3 is 1. The molecule has 0 spiro atoms. The number of aryl methyl sites for hydroxylation is 1. The van der Waals surface area contributed by atoms with E-state index in [-0.39, 0.29) is 12.5 Å². The number of nitrogens with zero attached hydrogens (tertiary/aromatic N) is 2. The average Bonchev–Trinajstić information content (AvgIpc) is 3.02. The molecule has 1 aromatic carbocycles. The molecule has 0 aliphatic carbocycles. The zero-order valence-corrected chi connectivity index (χ0v) is 12.0. The number of hydrogen-bond donors (Lipinski definition) is 1. The highest BCUT2D eigenvalue weighted by atomic mass is 16.5. The SMILES string of the molecule is COC(=O)CN(Cc1ccccc1C)C(=O)c1ccn[nH]1. The van der Waals surface area contributed by atoms with Gasteiger partial charge in [-0.05, 0) is 24.1 Å². The monoisotopic (exact) mass is 287 g/mol. The molecule has 0 aliphatic rings. The zero-order valence-electron chi connectivity index (χ0n) is 12.0. The molecule has 6 heteroatoms. The van der Waals surface area contributed by atoms with Gasteiger partial charge in [0.2, 0.25) is 0 Å². The number of aromatic amines is 1. The van der Waals surface area contributed by atoms with Gasteiger partial charge in [0.15, 0.2) is 0 Å². The molecule has 6 nitrogen and oxygen atoms in total. The van der Waals surface area contributed by atoms with Crippen LogP contribution in [0.3, 0.4) is 0 Å². The molecule has 0 saturated heterocycles. The maximum absolute atomic E-state index is 12.4. The van der Waals surface area contributed by atoms with E-state index in [0.717, 1.165) is 11.1 Å². The molecule has 0 bridgehead atoms. The average molecular weight is 287 g/mol. The predicted molar refractivity (Wildman–Crippen MR) is 76.5 cm³/mol. The Hall–Kier alpha value is -2.63. The van der Waals surface area contributed by atoms with E-state index in [4.69, 9.17) is 0 Å². The summed E-state index contributed by atoms with van der Waals surface area (Å²) in [7, 11) is 1.30. The minimum Gasteiger partial charge on any atom is -0.468 e. The van der Waals surface area contributed by atoms with Crippen LogP contribution in [0.5, 0.6) is 0 Å². The van der Waals surface area contributed by atoms with Gasteiger partial charge in [-0.1, -0.05) is 24.3 Å². The van der Waals surface area contributed by atoms with E-state index in [1.54, 1.807) is 6.07 Å². The molecule has 0 fully saturated rings. The molecule has 2 rings (SSSR count). The Morgan fingerprint density at radius 1 is 1.29 bits per heavy atom. The maximum Gasteiger partial charge on any atom is 0.325 e. The standard InChI is InChI=1S/C15H17N3O3/c1-11-5-3-4-6-12(11)9-18(10-14(19)21-2)15(20)13-7-8-16-17-13/h3-8H,9-10H2,1-2H3,(H,16,17). The van der Waals surface area contributed by atoms with Crippen molar-refractivity contribution in [2.45, 2.75) is 13.5 Å². The molecule has 1 N–H and O–H groups in total. The van der Waals surface area contributed by atoms with Crippen LogP contribution in [-0.4, -0.2) is 40.6 Å². The van der Waals surface area contributed by atoms with E-state index < -0.39 is 5.97 Å². The predicted octanol–water partition coefficient (Wildman–Crippen LogP) is 1.53. The van der Waals surface area contributed by atoms with Crippen LogP contribution in [0, 0.1) is 6.92 Å². The molecular weight excluding hydrogens is 270 g/mol. The van der Waals surface area contributed by atoms with Gasteiger partial charge < -0.3 is 9.64 Å². The highest BCUT2D eigenvalue weighted by Gasteiger charge is 2.21. The van der Waals surface area contributed by atoms with Crippen LogP contribution in [0.25, 0.3) is 0 Å². The van der Waals surface area contributed by atoms with Gasteiger partial charge in [0.1, 0.15) is 12.2 Å². The molecule has 2 aromatic rings. The highest BCUT2D eigenvalue weighted by Crippen LogP contribution is 2.12. The highest BCUT2D eigenvalue weighted by molar-refractivity contribution is 5.94. The van der Waals surface area contributed by atoms with E-state index in [9.17, 15) is 9.59 Å². The fourth-order valence-electron chi connectivity index (χ4n) is 1.96. The molecule has 21 heavy (non-hydrogen) atoms. The van der Waals surface area contributed by atoms with E-state index in [0.29, 0.717) is 12.2 Å². The Morgan fingerprint density at radius 3 is 2.67 bits per heavy atom. The quantitative estimate of drug-likeness (QED) is 0.846. The number of benzene rings is 1. The summed E-state index contributed by atoms with van der Waals surface area (Å²) in [6, 6.07) is 9.30. The van der Waals surface area contributed by atoms with Crippen molar-refractivity contribution >= 4 is 11.9 Å². The summed E-state index contributed by atoms with van der Waals surface area (Å²) >= 11 is 0. The molecule has 1 heterocycles. The summed E-state index contributed by atoms with van der Waals surface area (Å²) in [4.78, 5) is 25.4. The summed E-state index contributed by atoms with van der Waals surface area (Å²) in [5, 5.41) is 6.38. The molecule has 0 saturated carbocycles. The second kappa shape index (κ2) is 6.69. The van der Waals surface area contributed by atoms with Gasteiger partial charge in [0.25, 0.3) is 5.91 Å². The van der Waals surface area contributed by atoms with Gasteiger partial charge in [0, 0.05) is 12.7 Å². The summed E-state index contributed by atoms with van der Waals surface area (Å²) in [6.07, 6.45) is 1.50. The fraction of sp³-hybridized carbons (Fsp3) is 0.267. The van der Waals surface area contributed by atoms with Crippen LogP contribution >= 0.6 is 0 Å². The molecule has 0 unspecified atom stereocenters. The van der Waals surface area contributed by atoms with E-state index >= 15 is 0 Å². The lowest BCUT2D eigenvalue weighted by Crippen LogP contribution is -2.36. The van der Waals surface area contributed by atoms with Crippen molar-refractivity contribution in [2.24, 2.45) is 0 Å². The normalized spacial score (nSPS) is 10.2. The second-order valence-electron chi connectivity index (χ2n) is 4.63. The summed E-state index contributed by atoms with van der Waals surface area (Å²) in [5.74, 6) is -0.752. The van der Waals surface area contributed by atoms with E-state index in [2.05, 4.69) is 14.9 Å². The van der Waals surface area contributed by atoms with Crippen LogP contribution in [0.15, 0.2) is 36.5 Å². The third kappa shape index (κ3) is 3.68. The third-order valence-electron chi connectivity index (χ3n) is 3.19. The number of carbonyl (C=O) groups excluding carboxylic acids is 2. The first-order valence-electron chi connectivity index (χ1n) is 6.51. The van der Waals surface area contributed by atoms with Crippen molar-refractivity contribution < 1.29 is 14.3 Å². The van der Waals surface area contributed by atoms with Gasteiger partial charge >= 0.3 is 5.97 Å². The molecule has 0 radical (unpaired) electrons. The Kier molecular flexibility index (Phi) is 4.71. The Labute approximate surface area is 122 Å². The third-order valence-corrected chi connectivity index (χ3v) is 3.19. The van der Waals surface area contributed by atoms with Crippen LogP contribution in [0.2, 0.25) is 0 Å². The van der Waals surface area contributed by atoms with E-state index in [1.807, 2.05) is 31.2 Å². The van der Waals surface area contributed by atoms with Crippen LogP contribution < -0.4 is 0 Å². The molecule has 0 atom stereocenters. The van der Waals surface area contributed by atoms with Gasteiger partial charge in [-0.25, -0.2) is 0 Å². The van der Waals surface area contributed by atoms with Crippen molar-refractivity contribution in [3.05, 3.63) is 53.3 Å². The van der Waals surface area contributed by atoms with Crippen molar-refractivity contribution in [1.29, 1.82) is 0 Å². The number of ether oxygens (including phenoxy) is 1. The van der Waals surface area contributed by atoms with Gasteiger partial charge in [-0.2, -0.15) is 5.10 Å². The summed E-state index contributed by atoms with van der Waals surface area (Å²) in [5.41, 5.74) is 2.38. The largest absolute Gasteiger partial charge is 0.468 e. The first-order chi connectivity index (χ1) is 10.1. The second-order valence-corrected chi connectivity index (χ2v) is 4.63. The van der Waals surface area contributed by atoms with Crippen LogP contribution in [-0.2, 0) is 16.1 Å². The van der Waals surface area contributed by atoms with Crippen LogP contribution in [0.4, 0.5) is 0 Å². The lowest BCUT2D eigenvalue weighted by molar-refractivity contribution is -0.141. The van der Waals surface area contributed by atoms with Crippen molar-refractivity contribution in [2.75, 3.05) is 13.7 Å². The number of carbonyl (C=O) groups is 2. The molecule has 1 aromatic heterocycles. The topological polar surface area (TPSA) is 75.3 Å². The smallest absolute Gasteiger partial charge is 0.325 e. The van der Waals surface area contributed by atoms with Crippen molar-refractivity contribution in [3.8, 4) is 0 Å². The summed E-state index contributed by atoms with van der Waals surface area (Å²) < 4.78 is 4.66. The number of hydrogen-bond acceptors (Lipinski definition) is 4. The van der Waals surface area contributed by atoms with Crippen molar-refractivity contribution in [1.82, 2.24) is 15.1 Å². The number of H-pyrrole nitrogens is 1. The van der Waals surface area contributed by atoms with Crippen LogP contribution in [0.1, 0.15) is 21.6 Å². The number of amides is 1. The summed E-state index contributed by atoms with van der Waals surface area (Å²) in [6.45, 7) is 2.19. The van der Waals surface area contributed by atoms with Crippen molar-refractivity contribution in [3.63, 3.8) is 0 Å². The molecule has 1 amide bonds. The number of nitrogens with one attached hydrogen (secondary N) is 1. The maximum atomic E-state index is 12.4. The fourth-order valence-corrected chi connectivity index (χ4v) is 1.96. The van der Waals surface area contributed by atoms with Gasteiger partial charge in [-0.3, -0.25) is 14.7 Å². The Bertz CT molecular complexity index is 623. The molecule has 110 valence electrons. The van der Waals surface area contributed by atoms with Gasteiger partial charge in [0.05, 0.1) is 7.11 Å². The Morgan fingerprint density at radius 2 is 2.05 bits per heavy atom. The molecular formula is C15H17N3O3. The molecule has 0 aliphatic heterocycles. The van der Waals surface area contributed by atoms with Gasteiger partial charge in [-0.15, -0.1) is 0 Å². The van der Waals surface area contributed by atoms with E-state index in [1.165, 1.54) is 18.2 Å². The lowest BCUT2D eigenvalue weighted by Gasteiger charge is -2.21. The number of esters is 1. The first-order valence-corrected chi connectivity index (χ1v) is 6.51. The number of aromatic nitrogens is 2. The number of rotatable bonds is 5. The minimum atomic E-state index is -0.462. The minimum absolute atomic E-state index is 0.108.